The Morgan fingerprint density at radius 2 is 1.53 bits per heavy atom. The van der Waals surface area contributed by atoms with Gasteiger partial charge in [0.2, 0.25) is 5.91 Å². The molecule has 0 radical (unpaired) electrons. The number of likely N-dealkylation sites (tertiary alicyclic amines) is 1. The number of hydrogen-bond acceptors (Lipinski definition) is 3. The van der Waals surface area contributed by atoms with E-state index in [0.717, 1.165) is 25.9 Å². The van der Waals surface area contributed by atoms with Crippen LogP contribution in [0.5, 0.6) is 0 Å². The van der Waals surface area contributed by atoms with E-state index < -0.39 is 0 Å². The summed E-state index contributed by atoms with van der Waals surface area (Å²) >= 11 is 0. The maximum absolute atomic E-state index is 11.1. The van der Waals surface area contributed by atoms with Crippen LogP contribution in [-0.4, -0.2) is 50.7 Å². The summed E-state index contributed by atoms with van der Waals surface area (Å²) in [6.45, 7) is 14.3. The number of piperidine rings is 1. The van der Waals surface area contributed by atoms with E-state index in [0.29, 0.717) is 6.04 Å². The van der Waals surface area contributed by atoms with E-state index in [9.17, 15) is 4.79 Å². The average molecular weight is 276 g/mol. The molecule has 0 spiro atoms. The molecular formula is C15H36N2O2. The molecule has 0 aromatic heterocycles. The van der Waals surface area contributed by atoms with Crippen molar-refractivity contribution in [1.29, 1.82) is 0 Å². The number of carbonyl (C=O) groups is 1. The molecule has 0 saturated carbocycles. The number of amides is 1. The number of nitrogens with one attached hydrogen (secondary N) is 1. The van der Waals surface area contributed by atoms with Crippen LogP contribution < -0.4 is 5.32 Å². The summed E-state index contributed by atoms with van der Waals surface area (Å²) in [4.78, 5) is 13.4. The second-order valence-electron chi connectivity index (χ2n) is 3.58. The summed E-state index contributed by atoms with van der Waals surface area (Å²) in [6.07, 6.45) is 2.10. The number of methoxy groups -OCH3 is 1. The summed E-state index contributed by atoms with van der Waals surface area (Å²) < 4.78 is 4.74. The number of nitrogens with zero attached hydrogens (tertiary/aromatic N) is 1. The predicted octanol–water partition coefficient (Wildman–Crippen LogP) is 2.92. The Balaban J connectivity index is -0.000000375. The lowest BCUT2D eigenvalue weighted by molar-refractivity contribution is -0.125. The van der Waals surface area contributed by atoms with Crippen molar-refractivity contribution < 1.29 is 9.53 Å². The van der Waals surface area contributed by atoms with Gasteiger partial charge in [-0.3, -0.25) is 4.79 Å². The Labute approximate surface area is 120 Å². The molecule has 0 atom stereocenters. The van der Waals surface area contributed by atoms with Crippen molar-refractivity contribution in [2.75, 3.05) is 33.9 Å². The van der Waals surface area contributed by atoms with Gasteiger partial charge in [0.15, 0.2) is 0 Å². The zero-order chi connectivity index (χ0) is 15.7. The van der Waals surface area contributed by atoms with Crippen molar-refractivity contribution >= 4 is 5.91 Å². The molecule has 0 aliphatic carbocycles. The van der Waals surface area contributed by atoms with Gasteiger partial charge in [0.05, 0.1) is 0 Å². The largest absolute Gasteiger partial charge is 0.375 e. The van der Waals surface area contributed by atoms with Crippen molar-refractivity contribution in [3.05, 3.63) is 0 Å². The fourth-order valence-electron chi connectivity index (χ4n) is 1.55. The maximum Gasteiger partial charge on any atom is 0.246 e. The first-order valence-electron chi connectivity index (χ1n) is 7.69. The number of carbonyl (C=O) groups excluding carboxylic acids is 1. The van der Waals surface area contributed by atoms with Crippen molar-refractivity contribution in [2.45, 2.75) is 60.4 Å². The minimum atomic E-state index is -0.00273. The van der Waals surface area contributed by atoms with Crippen LogP contribution in [0.3, 0.4) is 0 Å². The van der Waals surface area contributed by atoms with Gasteiger partial charge in [-0.1, -0.05) is 41.5 Å². The Morgan fingerprint density at radius 1 is 1.11 bits per heavy atom. The highest BCUT2D eigenvalue weighted by molar-refractivity contribution is 5.77. The van der Waals surface area contributed by atoms with Crippen LogP contribution >= 0.6 is 0 Å². The Morgan fingerprint density at radius 3 is 1.89 bits per heavy atom. The minimum Gasteiger partial charge on any atom is -0.375 e. The van der Waals surface area contributed by atoms with Crippen molar-refractivity contribution in [2.24, 2.45) is 0 Å². The fraction of sp³-hybridized carbons (Fsp3) is 0.933. The zero-order valence-electron chi connectivity index (χ0n) is 14.4. The molecule has 4 nitrogen and oxygen atoms in total. The third-order valence-corrected chi connectivity index (χ3v) is 2.36. The summed E-state index contributed by atoms with van der Waals surface area (Å²) in [5.74, 6) is -0.00273. The van der Waals surface area contributed by atoms with Gasteiger partial charge in [-0.15, -0.1) is 0 Å². The first kappa shape index (κ1) is 23.5. The second-order valence-corrected chi connectivity index (χ2v) is 3.58. The predicted molar refractivity (Wildman–Crippen MR) is 84.6 cm³/mol. The van der Waals surface area contributed by atoms with Crippen LogP contribution in [0, 0.1) is 0 Å². The Hall–Kier alpha value is -0.610. The molecule has 0 aromatic rings. The van der Waals surface area contributed by atoms with Crippen LogP contribution in [-0.2, 0) is 9.53 Å². The van der Waals surface area contributed by atoms with Crippen molar-refractivity contribution in [1.82, 2.24) is 10.2 Å². The molecule has 118 valence electrons. The van der Waals surface area contributed by atoms with Crippen LogP contribution in [0.4, 0.5) is 0 Å². The molecule has 1 fully saturated rings. The molecule has 1 heterocycles. The van der Waals surface area contributed by atoms with E-state index in [-0.39, 0.29) is 12.5 Å². The summed E-state index contributed by atoms with van der Waals surface area (Å²) in [7, 11) is 3.64. The molecule has 19 heavy (non-hydrogen) atoms. The topological polar surface area (TPSA) is 41.6 Å². The molecule has 1 aliphatic rings. The van der Waals surface area contributed by atoms with Gasteiger partial charge < -0.3 is 15.0 Å². The quantitative estimate of drug-likeness (QED) is 0.862. The first-order valence-corrected chi connectivity index (χ1v) is 7.69. The highest BCUT2D eigenvalue weighted by Crippen LogP contribution is 2.07. The van der Waals surface area contributed by atoms with Crippen LogP contribution in [0.25, 0.3) is 0 Å². The summed E-state index contributed by atoms with van der Waals surface area (Å²) in [5.41, 5.74) is 0. The molecule has 1 saturated heterocycles. The zero-order valence-corrected chi connectivity index (χ0v) is 14.4. The van der Waals surface area contributed by atoms with Gasteiger partial charge in [-0.2, -0.15) is 0 Å². The minimum absolute atomic E-state index is 0.00273. The van der Waals surface area contributed by atoms with Gasteiger partial charge in [-0.05, 0) is 33.0 Å². The molecule has 1 rings (SSSR count). The highest BCUT2D eigenvalue weighted by atomic mass is 16.5. The summed E-state index contributed by atoms with van der Waals surface area (Å²) in [6, 6.07) is 0.346. The molecule has 1 N–H and O–H groups in total. The van der Waals surface area contributed by atoms with Gasteiger partial charge in [0, 0.05) is 13.2 Å². The Bertz CT molecular complexity index is 168. The van der Waals surface area contributed by atoms with Gasteiger partial charge in [0.1, 0.15) is 6.61 Å². The molecule has 0 bridgehead atoms. The van der Waals surface area contributed by atoms with E-state index in [4.69, 9.17) is 4.74 Å². The lowest BCUT2D eigenvalue weighted by atomic mass is 10.1. The van der Waals surface area contributed by atoms with Crippen LogP contribution in [0.2, 0.25) is 0 Å². The summed E-state index contributed by atoms with van der Waals surface area (Å²) in [5, 5.41) is 2.95. The van der Waals surface area contributed by atoms with Crippen LogP contribution in [0.15, 0.2) is 0 Å². The molecule has 0 aromatic carbocycles. The third-order valence-electron chi connectivity index (χ3n) is 2.36. The van der Waals surface area contributed by atoms with E-state index in [1.165, 1.54) is 7.11 Å². The number of hydrogen-bond donors (Lipinski definition) is 1. The van der Waals surface area contributed by atoms with E-state index in [2.05, 4.69) is 17.3 Å². The smallest absolute Gasteiger partial charge is 0.246 e. The number of ether oxygens (including phenoxy) is 1. The molecule has 0 unspecified atom stereocenters. The molecular weight excluding hydrogens is 240 g/mol. The monoisotopic (exact) mass is 276 g/mol. The third kappa shape index (κ3) is 15.3. The van der Waals surface area contributed by atoms with Crippen molar-refractivity contribution in [3.63, 3.8) is 0 Å². The van der Waals surface area contributed by atoms with Crippen LogP contribution in [0.1, 0.15) is 54.4 Å². The van der Waals surface area contributed by atoms with E-state index in [1.807, 2.05) is 41.5 Å². The molecule has 1 amide bonds. The molecule has 4 heteroatoms. The van der Waals surface area contributed by atoms with Gasteiger partial charge in [-0.25, -0.2) is 0 Å². The Kier molecular flexibility index (Phi) is 24.4. The lowest BCUT2D eigenvalue weighted by Crippen LogP contribution is -2.44. The van der Waals surface area contributed by atoms with E-state index in [1.54, 1.807) is 0 Å². The SMILES string of the molecule is CC.CC.CC.COCC(=O)NC1CCN(C)CC1. The lowest BCUT2D eigenvalue weighted by Gasteiger charge is -2.29. The number of rotatable bonds is 3. The van der Waals surface area contributed by atoms with Crippen molar-refractivity contribution in [3.8, 4) is 0 Å². The average Bonchev–Trinajstić information content (AvgIpc) is 2.48. The molecule has 1 aliphatic heterocycles. The van der Waals surface area contributed by atoms with Gasteiger partial charge in [0.25, 0.3) is 0 Å². The standard InChI is InChI=1S/C9H18N2O2.3C2H6/c1-11-5-3-8(4-6-11)10-9(12)7-13-2;3*1-2/h8H,3-7H2,1-2H3,(H,10,12);3*1-2H3. The normalized spacial score (nSPS) is 14.7. The highest BCUT2D eigenvalue weighted by Gasteiger charge is 2.17. The second kappa shape index (κ2) is 19.7. The first-order chi connectivity index (χ1) is 9.22. The van der Waals surface area contributed by atoms with E-state index >= 15 is 0 Å². The maximum atomic E-state index is 11.1. The van der Waals surface area contributed by atoms with Gasteiger partial charge >= 0.3 is 0 Å². The fourth-order valence-corrected chi connectivity index (χ4v) is 1.55.